The summed E-state index contributed by atoms with van der Waals surface area (Å²) in [7, 11) is 1.46. The topological polar surface area (TPSA) is 35.2 Å². The predicted octanol–water partition coefficient (Wildman–Crippen LogP) is 1.91. The van der Waals surface area contributed by atoms with E-state index in [1.54, 1.807) is 6.07 Å². The minimum absolute atomic E-state index is 0. The Labute approximate surface area is 87.7 Å². The minimum atomic E-state index is -0.330. The van der Waals surface area contributed by atoms with Gasteiger partial charge in [0.1, 0.15) is 0 Å². The molecule has 0 saturated carbocycles. The molecule has 0 aliphatic carbocycles. The third-order valence-corrected chi connectivity index (χ3v) is 1.67. The summed E-state index contributed by atoms with van der Waals surface area (Å²) in [5.41, 5.74) is 6.18. The van der Waals surface area contributed by atoms with Gasteiger partial charge in [0.2, 0.25) is 0 Å². The number of nitrogens with two attached hydrogens (primary N) is 1. The highest BCUT2D eigenvalue weighted by molar-refractivity contribution is 8.93. The maximum absolute atomic E-state index is 13.0. The third kappa shape index (κ3) is 2.97. The Morgan fingerprint density at radius 2 is 2.15 bits per heavy atom. The van der Waals surface area contributed by atoms with Crippen LogP contribution >= 0.6 is 17.0 Å². The molecule has 0 amide bonds. The lowest BCUT2D eigenvalue weighted by Gasteiger charge is -2.07. The van der Waals surface area contributed by atoms with Gasteiger partial charge in [-0.05, 0) is 24.6 Å². The Kier molecular flexibility index (Phi) is 5.66. The van der Waals surface area contributed by atoms with Gasteiger partial charge in [-0.25, -0.2) is 4.39 Å². The van der Waals surface area contributed by atoms with Gasteiger partial charge in [-0.1, -0.05) is 12.1 Å². The molecule has 0 atom stereocenters. The highest BCUT2D eigenvalue weighted by Crippen LogP contribution is 2.21. The van der Waals surface area contributed by atoms with Gasteiger partial charge >= 0.3 is 0 Å². The third-order valence-electron chi connectivity index (χ3n) is 1.67. The van der Waals surface area contributed by atoms with Crippen molar-refractivity contribution >= 4 is 17.0 Å². The molecule has 0 saturated heterocycles. The Balaban J connectivity index is 0.00000144. The van der Waals surface area contributed by atoms with Crippen molar-refractivity contribution in [3.63, 3.8) is 0 Å². The Hall–Kier alpha value is -0.610. The summed E-state index contributed by atoms with van der Waals surface area (Å²) in [6.45, 7) is 0.500. The summed E-state index contributed by atoms with van der Waals surface area (Å²) in [5.74, 6) is -0.0219. The molecule has 13 heavy (non-hydrogen) atoms. The van der Waals surface area contributed by atoms with Gasteiger partial charge in [-0.2, -0.15) is 0 Å². The van der Waals surface area contributed by atoms with Crippen LogP contribution in [0.3, 0.4) is 0 Å². The van der Waals surface area contributed by atoms with Gasteiger partial charge in [-0.15, -0.1) is 17.0 Å². The fourth-order valence-electron chi connectivity index (χ4n) is 1.13. The summed E-state index contributed by atoms with van der Waals surface area (Å²) in [6.07, 6.45) is 0.640. The normalized spacial score (nSPS) is 9.15. The average Bonchev–Trinajstić information content (AvgIpc) is 2.05. The van der Waals surface area contributed by atoms with Gasteiger partial charge in [0, 0.05) is 0 Å². The van der Waals surface area contributed by atoms with Crippen molar-refractivity contribution in [3.8, 4) is 5.75 Å². The number of rotatable bonds is 3. The van der Waals surface area contributed by atoms with Crippen LogP contribution in [0.25, 0.3) is 0 Å². The van der Waals surface area contributed by atoms with Gasteiger partial charge in [0.05, 0.1) is 7.11 Å². The van der Waals surface area contributed by atoms with Crippen molar-refractivity contribution in [1.82, 2.24) is 0 Å². The van der Waals surface area contributed by atoms with Crippen LogP contribution < -0.4 is 10.5 Å². The minimum Gasteiger partial charge on any atom is -0.493 e. The van der Waals surface area contributed by atoms with Crippen molar-refractivity contribution in [2.24, 2.45) is 5.73 Å². The van der Waals surface area contributed by atoms with Crippen molar-refractivity contribution in [3.05, 3.63) is 29.6 Å². The van der Waals surface area contributed by atoms with Gasteiger partial charge < -0.3 is 10.5 Å². The lowest BCUT2D eigenvalue weighted by atomic mass is 10.1. The molecule has 4 heteroatoms. The van der Waals surface area contributed by atoms with Crippen LogP contribution in [0.2, 0.25) is 0 Å². The quantitative estimate of drug-likeness (QED) is 0.889. The van der Waals surface area contributed by atoms with Gasteiger partial charge in [-0.3, -0.25) is 0 Å². The first-order valence-corrected chi connectivity index (χ1v) is 3.81. The molecular weight excluding hydrogens is 237 g/mol. The second-order valence-electron chi connectivity index (χ2n) is 2.47. The summed E-state index contributed by atoms with van der Waals surface area (Å²) in [6, 6.07) is 4.84. The summed E-state index contributed by atoms with van der Waals surface area (Å²) >= 11 is 0. The SMILES string of the molecule is Br.COc1c(F)cccc1CCN. The zero-order valence-electron chi connectivity index (χ0n) is 7.42. The van der Waals surface area contributed by atoms with E-state index in [-0.39, 0.29) is 22.8 Å². The van der Waals surface area contributed by atoms with Crippen LogP contribution in [0, 0.1) is 5.82 Å². The molecule has 2 nitrogen and oxygen atoms in total. The number of halogens is 2. The van der Waals surface area contributed by atoms with Gasteiger partial charge in [0.15, 0.2) is 11.6 Å². The molecule has 1 aromatic carbocycles. The molecule has 0 radical (unpaired) electrons. The van der Waals surface area contributed by atoms with Crippen LogP contribution in [-0.4, -0.2) is 13.7 Å². The molecule has 0 aliphatic rings. The molecule has 0 spiro atoms. The Morgan fingerprint density at radius 1 is 1.46 bits per heavy atom. The standard InChI is InChI=1S/C9H12FNO.BrH/c1-12-9-7(5-6-11)3-2-4-8(9)10;/h2-4H,5-6,11H2,1H3;1H. The number of hydrogen-bond donors (Lipinski definition) is 1. The molecule has 2 N–H and O–H groups in total. The molecule has 0 aliphatic heterocycles. The van der Waals surface area contributed by atoms with Crippen LogP contribution in [0.15, 0.2) is 18.2 Å². The fourth-order valence-corrected chi connectivity index (χ4v) is 1.13. The van der Waals surface area contributed by atoms with Crippen LogP contribution in [0.1, 0.15) is 5.56 Å². The number of hydrogen-bond acceptors (Lipinski definition) is 2. The van der Waals surface area contributed by atoms with E-state index in [4.69, 9.17) is 10.5 Å². The molecule has 0 aromatic heterocycles. The second kappa shape index (κ2) is 5.94. The van der Waals surface area contributed by atoms with Crippen molar-refractivity contribution < 1.29 is 9.13 Å². The van der Waals surface area contributed by atoms with Crippen molar-refractivity contribution in [1.29, 1.82) is 0 Å². The van der Waals surface area contributed by atoms with E-state index in [1.807, 2.05) is 6.07 Å². The van der Waals surface area contributed by atoms with Crippen molar-refractivity contribution in [2.45, 2.75) is 6.42 Å². The Bertz CT molecular complexity index is 268. The van der Waals surface area contributed by atoms with Crippen LogP contribution in [0.4, 0.5) is 4.39 Å². The number of benzene rings is 1. The number of ether oxygens (including phenoxy) is 1. The summed E-state index contributed by atoms with van der Waals surface area (Å²) in [5, 5.41) is 0. The molecule has 0 unspecified atom stereocenters. The second-order valence-corrected chi connectivity index (χ2v) is 2.47. The van der Waals surface area contributed by atoms with Crippen LogP contribution in [-0.2, 0) is 6.42 Å². The maximum atomic E-state index is 13.0. The van der Waals surface area contributed by atoms with Crippen molar-refractivity contribution in [2.75, 3.05) is 13.7 Å². The largest absolute Gasteiger partial charge is 0.493 e. The fraction of sp³-hybridized carbons (Fsp3) is 0.333. The molecule has 1 rings (SSSR count). The first-order valence-electron chi connectivity index (χ1n) is 3.81. The van der Waals surface area contributed by atoms with E-state index >= 15 is 0 Å². The molecule has 0 bridgehead atoms. The lowest BCUT2D eigenvalue weighted by molar-refractivity contribution is 0.381. The van der Waals surface area contributed by atoms with E-state index in [0.29, 0.717) is 18.7 Å². The smallest absolute Gasteiger partial charge is 0.165 e. The lowest BCUT2D eigenvalue weighted by Crippen LogP contribution is -2.05. The molecular formula is C9H13BrFNO. The predicted molar refractivity (Wildman–Crippen MR) is 56.0 cm³/mol. The highest BCUT2D eigenvalue weighted by atomic mass is 79.9. The van der Waals surface area contributed by atoms with E-state index in [0.717, 1.165) is 5.56 Å². The van der Waals surface area contributed by atoms with E-state index < -0.39 is 0 Å². The number of methoxy groups -OCH3 is 1. The first-order chi connectivity index (χ1) is 5.79. The summed E-state index contributed by atoms with van der Waals surface area (Å²) in [4.78, 5) is 0. The summed E-state index contributed by atoms with van der Waals surface area (Å²) < 4.78 is 17.9. The average molecular weight is 250 g/mol. The molecule has 0 fully saturated rings. The molecule has 1 aromatic rings. The van der Waals surface area contributed by atoms with Gasteiger partial charge in [0.25, 0.3) is 0 Å². The monoisotopic (exact) mass is 249 g/mol. The van der Waals surface area contributed by atoms with E-state index in [2.05, 4.69) is 0 Å². The molecule has 74 valence electrons. The zero-order chi connectivity index (χ0) is 8.97. The Morgan fingerprint density at radius 3 is 2.69 bits per heavy atom. The number of para-hydroxylation sites is 1. The first kappa shape index (κ1) is 12.4. The maximum Gasteiger partial charge on any atom is 0.165 e. The van der Waals surface area contributed by atoms with E-state index in [9.17, 15) is 4.39 Å². The van der Waals surface area contributed by atoms with Crippen LogP contribution in [0.5, 0.6) is 5.75 Å². The molecule has 0 heterocycles. The zero-order valence-corrected chi connectivity index (χ0v) is 9.13. The van der Waals surface area contributed by atoms with E-state index in [1.165, 1.54) is 13.2 Å². The highest BCUT2D eigenvalue weighted by Gasteiger charge is 2.06.